The van der Waals surface area contributed by atoms with Crippen LogP contribution >= 0.6 is 11.6 Å². The molecule has 0 spiro atoms. The fourth-order valence-electron chi connectivity index (χ4n) is 2.98. The van der Waals surface area contributed by atoms with Gasteiger partial charge >= 0.3 is 0 Å². The van der Waals surface area contributed by atoms with E-state index in [4.69, 9.17) is 16.3 Å². The van der Waals surface area contributed by atoms with E-state index in [2.05, 4.69) is 25.1 Å². The summed E-state index contributed by atoms with van der Waals surface area (Å²) in [7, 11) is 1.72. The highest BCUT2D eigenvalue weighted by atomic mass is 35.5. The average Bonchev–Trinajstić information content (AvgIpc) is 2.84. The van der Waals surface area contributed by atoms with Crippen molar-refractivity contribution in [3.05, 3.63) is 29.3 Å². The Balaban J connectivity index is 2.21. The first kappa shape index (κ1) is 12.8. The van der Waals surface area contributed by atoms with Gasteiger partial charge in [0.25, 0.3) is 0 Å². The third-order valence-corrected chi connectivity index (χ3v) is 4.31. The Bertz CT molecular complexity index is 369. The summed E-state index contributed by atoms with van der Waals surface area (Å²) in [6.07, 6.45) is 5.41. The van der Waals surface area contributed by atoms with Gasteiger partial charge in [0.1, 0.15) is 5.75 Å². The second-order valence-electron chi connectivity index (χ2n) is 5.03. The van der Waals surface area contributed by atoms with Gasteiger partial charge in [0, 0.05) is 11.8 Å². The third-order valence-electron chi connectivity index (χ3n) is 3.98. The molecule has 1 aromatic carbocycles. The largest absolute Gasteiger partial charge is 0.496 e. The maximum absolute atomic E-state index is 6.18. The molecule has 1 nitrogen and oxygen atoms in total. The molecule has 1 aliphatic carbocycles. The Morgan fingerprint density at radius 1 is 1.35 bits per heavy atom. The molecule has 0 aromatic heterocycles. The van der Waals surface area contributed by atoms with Crippen molar-refractivity contribution in [2.45, 2.75) is 38.5 Å². The van der Waals surface area contributed by atoms with Crippen molar-refractivity contribution in [2.75, 3.05) is 13.0 Å². The maximum atomic E-state index is 6.18. The summed E-state index contributed by atoms with van der Waals surface area (Å²) >= 11 is 6.18. The first-order chi connectivity index (χ1) is 8.26. The fourth-order valence-corrected chi connectivity index (χ4v) is 3.41. The molecule has 1 aromatic rings. The second kappa shape index (κ2) is 5.77. The van der Waals surface area contributed by atoms with E-state index < -0.39 is 0 Å². The molecule has 0 heterocycles. The van der Waals surface area contributed by atoms with Gasteiger partial charge in [-0.2, -0.15) is 0 Å². The first-order valence-corrected chi connectivity index (χ1v) is 7.00. The van der Waals surface area contributed by atoms with E-state index in [1.54, 1.807) is 7.11 Å². The molecule has 1 aliphatic rings. The summed E-state index contributed by atoms with van der Waals surface area (Å²) in [5.41, 5.74) is 2.59. The highest BCUT2D eigenvalue weighted by molar-refractivity contribution is 6.18. The number of halogens is 1. The molecule has 0 radical (unpaired) electrons. The average molecular weight is 253 g/mol. The summed E-state index contributed by atoms with van der Waals surface area (Å²) in [4.78, 5) is 0. The van der Waals surface area contributed by atoms with Gasteiger partial charge in [0.05, 0.1) is 7.11 Å². The topological polar surface area (TPSA) is 9.23 Å². The number of benzene rings is 1. The van der Waals surface area contributed by atoms with Gasteiger partial charge in [-0.25, -0.2) is 0 Å². The highest BCUT2D eigenvalue weighted by Gasteiger charge is 2.25. The number of rotatable bonds is 4. The lowest BCUT2D eigenvalue weighted by molar-refractivity contribution is 0.410. The van der Waals surface area contributed by atoms with E-state index in [1.807, 2.05) is 0 Å². The van der Waals surface area contributed by atoms with Crippen molar-refractivity contribution in [2.24, 2.45) is 5.92 Å². The van der Waals surface area contributed by atoms with Crippen LogP contribution < -0.4 is 4.74 Å². The van der Waals surface area contributed by atoms with Crippen LogP contribution in [0.1, 0.15) is 42.7 Å². The Kier molecular flexibility index (Phi) is 4.33. The molecule has 1 unspecified atom stereocenters. The zero-order chi connectivity index (χ0) is 12.3. The van der Waals surface area contributed by atoms with E-state index in [0.717, 1.165) is 17.5 Å². The Hall–Kier alpha value is -0.690. The summed E-state index contributed by atoms with van der Waals surface area (Å²) in [5, 5.41) is 0. The molecule has 94 valence electrons. The van der Waals surface area contributed by atoms with E-state index in [-0.39, 0.29) is 0 Å². The number of hydrogen-bond acceptors (Lipinski definition) is 1. The molecule has 1 fully saturated rings. The fraction of sp³-hybridized carbons (Fsp3) is 0.600. The summed E-state index contributed by atoms with van der Waals surface area (Å²) in [6, 6.07) is 6.49. The summed E-state index contributed by atoms with van der Waals surface area (Å²) in [6.45, 7) is 2.10. The van der Waals surface area contributed by atoms with Crippen LogP contribution in [0.5, 0.6) is 5.75 Å². The van der Waals surface area contributed by atoms with Crippen LogP contribution in [-0.2, 0) is 0 Å². The molecule has 1 atom stereocenters. The molecule has 2 rings (SSSR count). The number of methoxy groups -OCH3 is 1. The van der Waals surface area contributed by atoms with Crippen LogP contribution in [0, 0.1) is 12.8 Å². The molecule has 0 bridgehead atoms. The maximum Gasteiger partial charge on any atom is 0.121 e. The normalized spacial score (nSPS) is 18.3. The quantitative estimate of drug-likeness (QED) is 0.716. The molecule has 0 N–H and O–H groups in total. The van der Waals surface area contributed by atoms with Crippen LogP contribution in [0.25, 0.3) is 0 Å². The molecule has 0 aliphatic heterocycles. The van der Waals surface area contributed by atoms with Crippen LogP contribution in [0.3, 0.4) is 0 Å². The minimum Gasteiger partial charge on any atom is -0.496 e. The van der Waals surface area contributed by atoms with Crippen LogP contribution in [0.4, 0.5) is 0 Å². The molecule has 2 heteroatoms. The first-order valence-electron chi connectivity index (χ1n) is 6.46. The van der Waals surface area contributed by atoms with E-state index in [1.165, 1.54) is 36.8 Å². The van der Waals surface area contributed by atoms with Crippen molar-refractivity contribution in [3.8, 4) is 5.75 Å². The smallest absolute Gasteiger partial charge is 0.121 e. The minimum absolute atomic E-state index is 0.517. The standard InChI is InChI=1S/C15H21ClO/c1-11-9-13(7-8-15(11)17-2)14(10-16)12-5-3-4-6-12/h7-9,12,14H,3-6,10H2,1-2H3. The van der Waals surface area contributed by atoms with Gasteiger partial charge in [-0.05, 0) is 42.9 Å². The lowest BCUT2D eigenvalue weighted by atomic mass is 9.85. The van der Waals surface area contributed by atoms with Crippen LogP contribution in [0.15, 0.2) is 18.2 Å². The number of ether oxygens (including phenoxy) is 1. The Morgan fingerprint density at radius 3 is 2.59 bits per heavy atom. The van der Waals surface area contributed by atoms with Crippen LogP contribution in [-0.4, -0.2) is 13.0 Å². The van der Waals surface area contributed by atoms with E-state index in [9.17, 15) is 0 Å². The molecule has 1 saturated carbocycles. The predicted molar refractivity (Wildman–Crippen MR) is 73.2 cm³/mol. The molecule has 0 amide bonds. The highest BCUT2D eigenvalue weighted by Crippen LogP contribution is 2.38. The molecule has 0 saturated heterocycles. The summed E-state index contributed by atoms with van der Waals surface area (Å²) in [5.74, 6) is 2.99. The van der Waals surface area contributed by atoms with Crippen molar-refractivity contribution in [1.29, 1.82) is 0 Å². The zero-order valence-electron chi connectivity index (χ0n) is 10.7. The lowest BCUT2D eigenvalue weighted by Gasteiger charge is -2.22. The van der Waals surface area contributed by atoms with Crippen molar-refractivity contribution >= 4 is 11.6 Å². The van der Waals surface area contributed by atoms with Gasteiger partial charge in [-0.15, -0.1) is 11.6 Å². The monoisotopic (exact) mass is 252 g/mol. The van der Waals surface area contributed by atoms with Crippen LogP contribution in [0.2, 0.25) is 0 Å². The SMILES string of the molecule is COc1ccc(C(CCl)C2CCCC2)cc1C. The van der Waals surface area contributed by atoms with Crippen molar-refractivity contribution < 1.29 is 4.74 Å². The third kappa shape index (κ3) is 2.77. The predicted octanol–water partition coefficient (Wildman–Crippen LogP) is 4.52. The number of hydrogen-bond donors (Lipinski definition) is 0. The van der Waals surface area contributed by atoms with Crippen molar-refractivity contribution in [3.63, 3.8) is 0 Å². The van der Waals surface area contributed by atoms with Gasteiger partial charge in [-0.3, -0.25) is 0 Å². The summed E-state index contributed by atoms with van der Waals surface area (Å²) < 4.78 is 5.31. The van der Waals surface area contributed by atoms with Gasteiger partial charge < -0.3 is 4.74 Å². The molecule has 17 heavy (non-hydrogen) atoms. The minimum atomic E-state index is 0.517. The zero-order valence-corrected chi connectivity index (χ0v) is 11.5. The van der Waals surface area contributed by atoms with Gasteiger partial charge in [0.2, 0.25) is 0 Å². The molecular formula is C15H21ClO. The lowest BCUT2D eigenvalue weighted by Crippen LogP contribution is -2.11. The number of aryl methyl sites for hydroxylation is 1. The number of alkyl halides is 1. The van der Waals surface area contributed by atoms with E-state index in [0.29, 0.717) is 5.92 Å². The van der Waals surface area contributed by atoms with Crippen molar-refractivity contribution in [1.82, 2.24) is 0 Å². The van der Waals surface area contributed by atoms with E-state index >= 15 is 0 Å². The van der Waals surface area contributed by atoms with Gasteiger partial charge in [-0.1, -0.05) is 25.0 Å². The van der Waals surface area contributed by atoms with Gasteiger partial charge in [0.15, 0.2) is 0 Å². The Morgan fingerprint density at radius 2 is 2.06 bits per heavy atom. The molecular weight excluding hydrogens is 232 g/mol. The second-order valence-corrected chi connectivity index (χ2v) is 5.34. The Labute approximate surface area is 109 Å².